The fraction of sp³-hybridized carbons (Fsp3) is 0.571. The van der Waals surface area contributed by atoms with Crippen LogP contribution in [0.2, 0.25) is 0 Å². The van der Waals surface area contributed by atoms with E-state index in [1.165, 1.54) is 0 Å². The number of nitrogens with zero attached hydrogens (tertiary/aromatic N) is 3. The highest BCUT2D eigenvalue weighted by molar-refractivity contribution is 5.89. The number of aliphatic hydroxyl groups excluding tert-OH is 1. The van der Waals surface area contributed by atoms with E-state index in [1.807, 2.05) is 26.8 Å². The number of rotatable bonds is 4. The third kappa shape index (κ3) is 4.04. The molecular formula is C21H29N3O4. The predicted octanol–water partition coefficient (Wildman–Crippen LogP) is 3.04. The smallest absolute Gasteiger partial charge is 0.265 e. The molecule has 2 aliphatic rings. The molecule has 0 bridgehead atoms. The zero-order valence-electron chi connectivity index (χ0n) is 17.2. The minimum absolute atomic E-state index is 0.0610. The lowest BCUT2D eigenvalue weighted by molar-refractivity contribution is 0.143. The van der Waals surface area contributed by atoms with Crippen LogP contribution in [0.15, 0.2) is 21.9 Å². The van der Waals surface area contributed by atoms with Crippen molar-refractivity contribution in [1.29, 1.82) is 0 Å². The van der Waals surface area contributed by atoms with Gasteiger partial charge in [0.15, 0.2) is 5.82 Å². The van der Waals surface area contributed by atoms with Crippen LogP contribution in [0, 0.1) is 11.8 Å². The summed E-state index contributed by atoms with van der Waals surface area (Å²) in [4.78, 5) is 22.8. The molecule has 2 aliphatic heterocycles. The Bertz CT molecular complexity index is 880. The second kappa shape index (κ2) is 8.31. The Hall–Kier alpha value is -2.41. The van der Waals surface area contributed by atoms with Gasteiger partial charge in [0.2, 0.25) is 11.8 Å². The van der Waals surface area contributed by atoms with Gasteiger partial charge in [-0.25, -0.2) is 4.99 Å². The molecule has 2 atom stereocenters. The van der Waals surface area contributed by atoms with E-state index in [0.717, 1.165) is 0 Å². The first kappa shape index (κ1) is 20.3. The molecule has 0 aromatic carbocycles. The minimum Gasteiger partial charge on any atom is -0.480 e. The van der Waals surface area contributed by atoms with Gasteiger partial charge in [-0.3, -0.25) is 9.36 Å². The standard InChI is InChI=1S/C21H29N3O4/c1-6-27-20-17(10-13(4)5)24-18(16(22-20)9-12(2)3)23-19-15(21(24)26)8-7-14(25)11-28-19/h7-9,12-14,17,25H,6,10-11H2,1-5H3/b16-9-. The molecule has 3 rings (SSSR count). The van der Waals surface area contributed by atoms with Crippen LogP contribution in [0.25, 0.3) is 11.8 Å². The molecule has 0 spiro atoms. The summed E-state index contributed by atoms with van der Waals surface area (Å²) in [6.07, 6.45) is 5.05. The molecule has 1 N–H and O–H groups in total. The Labute approximate surface area is 165 Å². The van der Waals surface area contributed by atoms with E-state index in [4.69, 9.17) is 14.5 Å². The van der Waals surface area contributed by atoms with Gasteiger partial charge in [-0.15, -0.1) is 0 Å². The molecule has 2 unspecified atom stereocenters. The molecule has 0 amide bonds. The molecule has 28 heavy (non-hydrogen) atoms. The summed E-state index contributed by atoms with van der Waals surface area (Å²) < 4.78 is 13.1. The van der Waals surface area contributed by atoms with Gasteiger partial charge >= 0.3 is 0 Å². The van der Waals surface area contributed by atoms with Crippen LogP contribution in [-0.4, -0.2) is 39.9 Å². The maximum atomic E-state index is 13.5. The Kier molecular flexibility index (Phi) is 6.03. The van der Waals surface area contributed by atoms with Gasteiger partial charge in [-0.2, -0.15) is 4.98 Å². The number of aromatic nitrogens is 2. The third-order valence-corrected chi connectivity index (χ3v) is 4.53. The average Bonchev–Trinajstić information content (AvgIpc) is 2.80. The minimum atomic E-state index is -0.775. The number of allylic oxidation sites excluding steroid dienone is 1. The first-order chi connectivity index (χ1) is 13.3. The summed E-state index contributed by atoms with van der Waals surface area (Å²) in [6, 6.07) is -0.328. The highest BCUT2D eigenvalue weighted by Crippen LogP contribution is 2.32. The van der Waals surface area contributed by atoms with Crippen LogP contribution in [0.1, 0.15) is 58.5 Å². The zero-order chi connectivity index (χ0) is 20.4. The van der Waals surface area contributed by atoms with Crippen molar-refractivity contribution < 1.29 is 14.6 Å². The van der Waals surface area contributed by atoms with E-state index in [-0.39, 0.29) is 30.0 Å². The summed E-state index contributed by atoms with van der Waals surface area (Å²) in [6.45, 7) is 10.7. The third-order valence-electron chi connectivity index (χ3n) is 4.53. The molecule has 0 aliphatic carbocycles. The van der Waals surface area contributed by atoms with Crippen molar-refractivity contribution >= 4 is 17.7 Å². The van der Waals surface area contributed by atoms with Crippen LogP contribution in [0.5, 0.6) is 5.88 Å². The topological polar surface area (TPSA) is 85.9 Å². The fourth-order valence-corrected chi connectivity index (χ4v) is 3.39. The summed E-state index contributed by atoms with van der Waals surface area (Å²) >= 11 is 0. The van der Waals surface area contributed by atoms with E-state index in [1.54, 1.807) is 16.7 Å². The predicted molar refractivity (Wildman–Crippen MR) is 109 cm³/mol. The lowest BCUT2D eigenvalue weighted by Crippen LogP contribution is -2.38. The number of fused-ring (bicyclic) bond motifs is 2. The molecule has 0 radical (unpaired) electrons. The monoisotopic (exact) mass is 387 g/mol. The summed E-state index contributed by atoms with van der Waals surface area (Å²) in [5.41, 5.74) is 0.740. The molecule has 152 valence electrons. The Morgan fingerprint density at radius 1 is 1.39 bits per heavy atom. The molecule has 0 fully saturated rings. The SMILES string of the molecule is CCOC1=N/C(=C\C(C)C)c2nc3c(c(=O)n2C1CC(C)C)C=CC(O)CO3. The molecule has 1 aromatic heterocycles. The van der Waals surface area contributed by atoms with Gasteiger partial charge in [-0.05, 0) is 31.3 Å². The van der Waals surface area contributed by atoms with Crippen LogP contribution in [0.3, 0.4) is 0 Å². The molecule has 3 heterocycles. The molecule has 7 nitrogen and oxygen atoms in total. The van der Waals surface area contributed by atoms with Crippen molar-refractivity contribution in [3.63, 3.8) is 0 Å². The molecule has 7 heteroatoms. The van der Waals surface area contributed by atoms with Gasteiger partial charge < -0.3 is 14.6 Å². The van der Waals surface area contributed by atoms with Crippen LogP contribution in [0.4, 0.5) is 0 Å². The quantitative estimate of drug-likeness (QED) is 0.858. The van der Waals surface area contributed by atoms with E-state index in [0.29, 0.717) is 41.9 Å². The summed E-state index contributed by atoms with van der Waals surface area (Å²) in [5, 5.41) is 9.87. The van der Waals surface area contributed by atoms with E-state index in [2.05, 4.69) is 18.8 Å². The molecular weight excluding hydrogens is 358 g/mol. The Morgan fingerprint density at radius 2 is 2.14 bits per heavy atom. The van der Waals surface area contributed by atoms with E-state index in [9.17, 15) is 9.90 Å². The summed E-state index contributed by atoms with van der Waals surface area (Å²) in [7, 11) is 0. The highest BCUT2D eigenvalue weighted by atomic mass is 16.5. The van der Waals surface area contributed by atoms with Gasteiger partial charge in [0, 0.05) is 0 Å². The number of aliphatic imine (C=N–C) groups is 1. The first-order valence-electron chi connectivity index (χ1n) is 9.91. The van der Waals surface area contributed by atoms with Crippen LogP contribution in [-0.2, 0) is 4.74 Å². The maximum absolute atomic E-state index is 13.5. The van der Waals surface area contributed by atoms with Gasteiger partial charge in [0.1, 0.15) is 30.0 Å². The normalized spacial score (nSPS) is 22.6. The highest BCUT2D eigenvalue weighted by Gasteiger charge is 2.33. The lowest BCUT2D eigenvalue weighted by Gasteiger charge is -2.30. The van der Waals surface area contributed by atoms with E-state index < -0.39 is 6.10 Å². The number of ether oxygens (including phenoxy) is 2. The van der Waals surface area contributed by atoms with Crippen LogP contribution >= 0.6 is 0 Å². The average molecular weight is 387 g/mol. The fourth-order valence-electron chi connectivity index (χ4n) is 3.39. The largest absolute Gasteiger partial charge is 0.480 e. The van der Waals surface area contributed by atoms with Crippen molar-refractivity contribution in [2.24, 2.45) is 16.8 Å². The van der Waals surface area contributed by atoms with Crippen molar-refractivity contribution in [3.05, 3.63) is 33.9 Å². The van der Waals surface area contributed by atoms with Gasteiger partial charge in [-0.1, -0.05) is 39.8 Å². The van der Waals surface area contributed by atoms with E-state index >= 15 is 0 Å². The molecule has 0 saturated heterocycles. The number of aliphatic hydroxyl groups is 1. The Balaban J connectivity index is 2.27. The van der Waals surface area contributed by atoms with Crippen molar-refractivity contribution in [3.8, 4) is 5.88 Å². The first-order valence-corrected chi connectivity index (χ1v) is 9.91. The Morgan fingerprint density at radius 3 is 2.79 bits per heavy atom. The second-order valence-corrected chi connectivity index (χ2v) is 7.89. The number of hydrogen-bond donors (Lipinski definition) is 1. The van der Waals surface area contributed by atoms with Crippen molar-refractivity contribution in [1.82, 2.24) is 9.55 Å². The van der Waals surface area contributed by atoms with Crippen molar-refractivity contribution in [2.45, 2.75) is 53.2 Å². The zero-order valence-corrected chi connectivity index (χ0v) is 17.2. The molecule has 1 aromatic rings. The maximum Gasteiger partial charge on any atom is 0.265 e. The second-order valence-electron chi connectivity index (χ2n) is 7.89. The summed E-state index contributed by atoms with van der Waals surface area (Å²) in [5.74, 6) is 1.81. The van der Waals surface area contributed by atoms with Gasteiger partial charge in [0.25, 0.3) is 5.56 Å². The van der Waals surface area contributed by atoms with Crippen LogP contribution < -0.4 is 10.3 Å². The number of hydrogen-bond acceptors (Lipinski definition) is 6. The van der Waals surface area contributed by atoms with Gasteiger partial charge in [0.05, 0.1) is 6.61 Å². The lowest BCUT2D eigenvalue weighted by atomic mass is 10.0. The molecule has 0 saturated carbocycles. The van der Waals surface area contributed by atoms with Crippen molar-refractivity contribution in [2.75, 3.05) is 13.2 Å².